The van der Waals surface area contributed by atoms with Gasteiger partial charge in [-0.15, -0.1) is 0 Å². The first-order valence-electron chi connectivity index (χ1n) is 7.57. The molecular formula is C16H19FN4O2. The van der Waals surface area contributed by atoms with E-state index in [1.165, 1.54) is 6.07 Å². The summed E-state index contributed by atoms with van der Waals surface area (Å²) in [5, 5.41) is 6.67. The molecule has 0 unspecified atom stereocenters. The minimum absolute atomic E-state index is 0.216. The number of halogens is 1. The van der Waals surface area contributed by atoms with Crippen LogP contribution in [-0.4, -0.2) is 29.2 Å². The number of likely N-dealkylation sites (tertiary alicyclic amines) is 1. The van der Waals surface area contributed by atoms with Crippen molar-refractivity contribution in [1.29, 1.82) is 0 Å². The van der Waals surface area contributed by atoms with Crippen LogP contribution in [0.4, 0.5) is 20.8 Å². The maximum atomic E-state index is 13.5. The molecule has 0 atom stereocenters. The first kappa shape index (κ1) is 15.3. The molecule has 122 valence electrons. The van der Waals surface area contributed by atoms with E-state index in [4.69, 9.17) is 10.3 Å². The third kappa shape index (κ3) is 3.44. The predicted molar refractivity (Wildman–Crippen MR) is 84.6 cm³/mol. The molecule has 1 aliphatic rings. The number of carbonyl (C=O) groups is 1. The van der Waals surface area contributed by atoms with E-state index in [1.807, 2.05) is 0 Å². The molecule has 2 amide bonds. The Morgan fingerprint density at radius 1 is 1.39 bits per heavy atom. The molecule has 1 fully saturated rings. The summed E-state index contributed by atoms with van der Waals surface area (Å²) in [4.78, 5) is 14.0. The van der Waals surface area contributed by atoms with Gasteiger partial charge in [0.05, 0.1) is 5.69 Å². The molecule has 7 heteroatoms. The van der Waals surface area contributed by atoms with Crippen LogP contribution in [0.2, 0.25) is 0 Å². The van der Waals surface area contributed by atoms with Gasteiger partial charge in [0.15, 0.2) is 0 Å². The topological polar surface area (TPSA) is 84.4 Å². The number of nitrogen functional groups attached to an aromatic ring is 1. The molecule has 0 bridgehead atoms. The smallest absolute Gasteiger partial charge is 0.321 e. The average Bonchev–Trinajstić information content (AvgIpc) is 2.97. The Bertz CT molecular complexity index is 708. The molecule has 0 radical (unpaired) electrons. The van der Waals surface area contributed by atoms with Crippen molar-refractivity contribution in [3.05, 3.63) is 41.3 Å². The number of carbonyl (C=O) groups excluding carboxylic acids is 1. The summed E-state index contributed by atoms with van der Waals surface area (Å²) in [7, 11) is 0. The highest BCUT2D eigenvalue weighted by atomic mass is 19.1. The summed E-state index contributed by atoms with van der Waals surface area (Å²) in [6, 6.07) is 6.19. The number of anilines is 2. The Hall–Kier alpha value is -2.57. The van der Waals surface area contributed by atoms with Crippen molar-refractivity contribution in [2.45, 2.75) is 25.7 Å². The van der Waals surface area contributed by atoms with Crippen LogP contribution in [0.5, 0.6) is 0 Å². The maximum Gasteiger partial charge on any atom is 0.321 e. The van der Waals surface area contributed by atoms with Crippen LogP contribution in [0.1, 0.15) is 30.0 Å². The van der Waals surface area contributed by atoms with E-state index >= 15 is 0 Å². The molecule has 3 N–H and O–H groups in total. The first-order chi connectivity index (χ1) is 11.0. The van der Waals surface area contributed by atoms with Gasteiger partial charge in [-0.2, -0.15) is 0 Å². The Morgan fingerprint density at radius 3 is 2.74 bits per heavy atom. The van der Waals surface area contributed by atoms with E-state index in [0.717, 1.165) is 18.5 Å². The number of nitrogens with zero attached hydrogens (tertiary/aromatic N) is 2. The Balaban J connectivity index is 1.56. The third-order valence-electron chi connectivity index (χ3n) is 4.17. The van der Waals surface area contributed by atoms with Crippen LogP contribution in [0.25, 0.3) is 0 Å². The van der Waals surface area contributed by atoms with Crippen LogP contribution in [0.3, 0.4) is 0 Å². The van der Waals surface area contributed by atoms with E-state index < -0.39 is 0 Å². The zero-order chi connectivity index (χ0) is 16.4. The summed E-state index contributed by atoms with van der Waals surface area (Å²) in [5.74, 6) is 0.226. The fourth-order valence-corrected chi connectivity index (χ4v) is 2.75. The summed E-state index contributed by atoms with van der Waals surface area (Å²) >= 11 is 0. The summed E-state index contributed by atoms with van der Waals surface area (Å²) in [6.07, 6.45) is 1.59. The van der Waals surface area contributed by atoms with Gasteiger partial charge in [-0.1, -0.05) is 11.2 Å². The lowest BCUT2D eigenvalue weighted by Crippen LogP contribution is -2.40. The van der Waals surface area contributed by atoms with Crippen LogP contribution in [0.15, 0.2) is 28.8 Å². The molecule has 1 aliphatic heterocycles. The van der Waals surface area contributed by atoms with Gasteiger partial charge < -0.3 is 20.5 Å². The molecule has 0 saturated carbocycles. The second kappa shape index (κ2) is 6.28. The molecule has 3 rings (SSSR count). The molecule has 23 heavy (non-hydrogen) atoms. The molecule has 2 heterocycles. The lowest BCUT2D eigenvalue weighted by atomic mass is 9.94. The second-order valence-corrected chi connectivity index (χ2v) is 5.81. The van der Waals surface area contributed by atoms with Crippen LogP contribution < -0.4 is 11.1 Å². The van der Waals surface area contributed by atoms with E-state index in [0.29, 0.717) is 30.2 Å². The summed E-state index contributed by atoms with van der Waals surface area (Å²) in [6.45, 7) is 2.90. The number of piperidine rings is 1. The van der Waals surface area contributed by atoms with Crippen molar-refractivity contribution in [3.63, 3.8) is 0 Å². The van der Waals surface area contributed by atoms with Gasteiger partial charge >= 0.3 is 6.03 Å². The average molecular weight is 318 g/mol. The highest BCUT2D eigenvalue weighted by molar-refractivity contribution is 5.89. The number of nitrogens with two attached hydrogens (primary N) is 1. The van der Waals surface area contributed by atoms with Gasteiger partial charge in [0, 0.05) is 30.8 Å². The fourth-order valence-electron chi connectivity index (χ4n) is 2.75. The van der Waals surface area contributed by atoms with Crippen molar-refractivity contribution >= 4 is 17.6 Å². The second-order valence-electron chi connectivity index (χ2n) is 5.81. The first-order valence-corrected chi connectivity index (χ1v) is 7.57. The lowest BCUT2D eigenvalue weighted by Gasteiger charge is -2.31. The summed E-state index contributed by atoms with van der Waals surface area (Å²) in [5.41, 5.74) is 7.39. The maximum absolute atomic E-state index is 13.5. The number of amides is 2. The number of hydrogen-bond donors (Lipinski definition) is 2. The van der Waals surface area contributed by atoms with Crippen molar-refractivity contribution in [2.24, 2.45) is 0 Å². The van der Waals surface area contributed by atoms with E-state index in [2.05, 4.69) is 10.5 Å². The van der Waals surface area contributed by atoms with Gasteiger partial charge in [-0.25, -0.2) is 9.18 Å². The number of benzene rings is 1. The molecule has 1 aromatic heterocycles. The number of urea groups is 1. The quantitative estimate of drug-likeness (QED) is 0.891. The number of aryl methyl sites for hydroxylation is 1. The number of rotatable bonds is 2. The third-order valence-corrected chi connectivity index (χ3v) is 4.17. The minimum Gasteiger partial charge on any atom is -0.368 e. The van der Waals surface area contributed by atoms with Crippen LogP contribution in [-0.2, 0) is 0 Å². The highest BCUT2D eigenvalue weighted by Gasteiger charge is 2.25. The fraction of sp³-hybridized carbons (Fsp3) is 0.375. The largest absolute Gasteiger partial charge is 0.368 e. The Labute approximate surface area is 133 Å². The molecule has 6 nitrogen and oxygen atoms in total. The number of aromatic nitrogens is 1. The van der Waals surface area contributed by atoms with Gasteiger partial charge in [-0.3, -0.25) is 0 Å². The molecular weight excluding hydrogens is 299 g/mol. The molecule has 1 saturated heterocycles. The minimum atomic E-state index is -0.329. The summed E-state index contributed by atoms with van der Waals surface area (Å²) < 4.78 is 18.4. The van der Waals surface area contributed by atoms with Gasteiger partial charge in [0.25, 0.3) is 0 Å². The SMILES string of the molecule is Cc1ccc(NC(=O)N2CCC(c3cc(N)on3)CC2)cc1F. The Morgan fingerprint density at radius 2 is 2.13 bits per heavy atom. The van der Waals surface area contributed by atoms with Crippen molar-refractivity contribution in [1.82, 2.24) is 10.1 Å². The number of nitrogens with one attached hydrogen (secondary N) is 1. The lowest BCUT2D eigenvalue weighted by molar-refractivity contribution is 0.193. The zero-order valence-corrected chi connectivity index (χ0v) is 12.9. The van der Waals surface area contributed by atoms with Gasteiger partial charge in [0.2, 0.25) is 5.88 Å². The highest BCUT2D eigenvalue weighted by Crippen LogP contribution is 2.28. The monoisotopic (exact) mass is 318 g/mol. The van der Waals surface area contributed by atoms with Crippen molar-refractivity contribution < 1.29 is 13.7 Å². The number of hydrogen-bond acceptors (Lipinski definition) is 4. The standard InChI is InChI=1S/C16H19FN4O2/c1-10-2-3-12(8-13(10)17)19-16(22)21-6-4-11(5-7-21)14-9-15(18)23-20-14/h2-3,8-9,11H,4-7,18H2,1H3,(H,19,22). The Kier molecular flexibility index (Phi) is 4.18. The molecule has 1 aromatic carbocycles. The van der Waals surface area contributed by atoms with Crippen LogP contribution in [0, 0.1) is 12.7 Å². The van der Waals surface area contributed by atoms with Crippen LogP contribution >= 0.6 is 0 Å². The van der Waals surface area contributed by atoms with E-state index in [1.54, 1.807) is 30.0 Å². The van der Waals surface area contributed by atoms with Crippen molar-refractivity contribution in [2.75, 3.05) is 24.1 Å². The molecule has 0 aliphatic carbocycles. The van der Waals surface area contributed by atoms with Gasteiger partial charge in [-0.05, 0) is 37.5 Å². The normalized spacial score (nSPS) is 15.7. The predicted octanol–water partition coefficient (Wildman–Crippen LogP) is 3.12. The van der Waals surface area contributed by atoms with Crippen molar-refractivity contribution in [3.8, 4) is 0 Å². The molecule has 2 aromatic rings. The van der Waals surface area contributed by atoms with E-state index in [9.17, 15) is 9.18 Å². The van der Waals surface area contributed by atoms with E-state index in [-0.39, 0.29) is 17.8 Å². The molecule has 0 spiro atoms. The zero-order valence-electron chi connectivity index (χ0n) is 12.9. The van der Waals surface area contributed by atoms with Gasteiger partial charge in [0.1, 0.15) is 5.82 Å².